The number of ether oxygens (including phenoxy) is 2. The van der Waals surface area contributed by atoms with Gasteiger partial charge in [-0.1, -0.05) is 6.92 Å². The maximum absolute atomic E-state index is 13.4. The average molecular weight is 305 g/mol. The van der Waals surface area contributed by atoms with E-state index in [4.69, 9.17) is 9.47 Å². The Kier molecular flexibility index (Phi) is 4.93. The number of pyridine rings is 1. The number of carbonyl (C=O) groups is 1. The largest absolute Gasteiger partial charge is 0.493 e. The van der Waals surface area contributed by atoms with Crippen LogP contribution >= 0.6 is 0 Å². The van der Waals surface area contributed by atoms with Gasteiger partial charge in [0.25, 0.3) is 0 Å². The van der Waals surface area contributed by atoms with E-state index in [0.717, 1.165) is 12.6 Å². The van der Waals surface area contributed by atoms with Gasteiger partial charge in [-0.25, -0.2) is 9.18 Å². The lowest BCUT2D eigenvalue weighted by molar-refractivity contribution is 0.0696. The second-order valence-corrected chi connectivity index (χ2v) is 4.60. The van der Waals surface area contributed by atoms with Gasteiger partial charge in [0.05, 0.1) is 25.5 Å². The van der Waals surface area contributed by atoms with Crippen molar-refractivity contribution in [3.8, 4) is 22.6 Å². The Morgan fingerprint density at radius 1 is 1.32 bits per heavy atom. The third kappa shape index (κ3) is 3.33. The first kappa shape index (κ1) is 15.8. The van der Waals surface area contributed by atoms with Gasteiger partial charge in [-0.2, -0.15) is 0 Å². The molecule has 2 rings (SSSR count). The highest BCUT2D eigenvalue weighted by Crippen LogP contribution is 2.39. The Hall–Kier alpha value is -2.63. The zero-order valence-electron chi connectivity index (χ0n) is 12.3. The van der Waals surface area contributed by atoms with E-state index in [-0.39, 0.29) is 11.3 Å². The number of nitrogens with zero attached hydrogens (tertiary/aromatic N) is 1. The number of methoxy groups -OCH3 is 1. The molecule has 1 heterocycles. The van der Waals surface area contributed by atoms with Crippen LogP contribution in [0.3, 0.4) is 0 Å². The zero-order valence-corrected chi connectivity index (χ0v) is 12.3. The number of aromatic nitrogens is 1. The SMILES string of the molecule is CCCOc1c(OC)cc(C(=O)O)cc1-c1cncc(F)c1. The fourth-order valence-corrected chi connectivity index (χ4v) is 2.00. The monoisotopic (exact) mass is 305 g/mol. The van der Waals surface area contributed by atoms with Gasteiger partial charge in [0.15, 0.2) is 11.5 Å². The lowest BCUT2D eigenvalue weighted by Gasteiger charge is -2.16. The minimum atomic E-state index is -1.11. The molecular formula is C16H16FNO4. The molecule has 22 heavy (non-hydrogen) atoms. The summed E-state index contributed by atoms with van der Waals surface area (Å²) in [5.41, 5.74) is 0.879. The quantitative estimate of drug-likeness (QED) is 0.886. The molecule has 0 bridgehead atoms. The first-order chi connectivity index (χ1) is 10.6. The van der Waals surface area contributed by atoms with Crippen LogP contribution in [0.1, 0.15) is 23.7 Å². The van der Waals surface area contributed by atoms with E-state index >= 15 is 0 Å². The molecule has 0 spiro atoms. The van der Waals surface area contributed by atoms with Crippen molar-refractivity contribution in [1.29, 1.82) is 0 Å². The van der Waals surface area contributed by atoms with Crippen molar-refractivity contribution in [2.45, 2.75) is 13.3 Å². The Bertz CT molecular complexity index is 688. The van der Waals surface area contributed by atoms with Gasteiger partial charge in [0, 0.05) is 17.3 Å². The predicted molar refractivity (Wildman–Crippen MR) is 78.9 cm³/mol. The summed E-state index contributed by atoms with van der Waals surface area (Å²) < 4.78 is 24.3. The van der Waals surface area contributed by atoms with E-state index in [1.54, 1.807) is 0 Å². The predicted octanol–water partition coefficient (Wildman–Crippen LogP) is 3.38. The van der Waals surface area contributed by atoms with Crippen LogP contribution in [0, 0.1) is 5.82 Å². The number of hydrogen-bond acceptors (Lipinski definition) is 4. The van der Waals surface area contributed by atoms with Crippen molar-refractivity contribution >= 4 is 5.97 Å². The number of halogens is 1. The van der Waals surface area contributed by atoms with Crippen molar-refractivity contribution in [3.63, 3.8) is 0 Å². The van der Waals surface area contributed by atoms with Crippen LogP contribution in [0.15, 0.2) is 30.6 Å². The summed E-state index contributed by atoms with van der Waals surface area (Å²) in [5, 5.41) is 9.21. The summed E-state index contributed by atoms with van der Waals surface area (Å²) in [4.78, 5) is 15.1. The lowest BCUT2D eigenvalue weighted by atomic mass is 10.0. The molecule has 1 aromatic carbocycles. The van der Waals surface area contributed by atoms with Gasteiger partial charge in [0.1, 0.15) is 5.82 Å². The molecule has 5 nitrogen and oxygen atoms in total. The van der Waals surface area contributed by atoms with E-state index in [1.165, 1.54) is 31.5 Å². The Balaban J connectivity index is 2.65. The van der Waals surface area contributed by atoms with Crippen molar-refractivity contribution in [2.75, 3.05) is 13.7 Å². The molecule has 1 N–H and O–H groups in total. The highest BCUT2D eigenvalue weighted by Gasteiger charge is 2.18. The van der Waals surface area contributed by atoms with Gasteiger partial charge in [0.2, 0.25) is 0 Å². The second-order valence-electron chi connectivity index (χ2n) is 4.60. The summed E-state index contributed by atoms with van der Waals surface area (Å²) in [5.74, 6) is -0.959. The van der Waals surface area contributed by atoms with E-state index in [9.17, 15) is 14.3 Å². The zero-order chi connectivity index (χ0) is 16.1. The van der Waals surface area contributed by atoms with Crippen LogP contribution in [-0.2, 0) is 0 Å². The average Bonchev–Trinajstić information content (AvgIpc) is 2.51. The summed E-state index contributed by atoms with van der Waals surface area (Å²) >= 11 is 0. The molecule has 6 heteroatoms. The molecule has 0 unspecified atom stereocenters. The minimum absolute atomic E-state index is 0.0277. The van der Waals surface area contributed by atoms with Gasteiger partial charge >= 0.3 is 5.97 Å². The van der Waals surface area contributed by atoms with E-state index in [1.807, 2.05) is 6.92 Å². The summed E-state index contributed by atoms with van der Waals surface area (Å²) in [6.45, 7) is 2.38. The van der Waals surface area contributed by atoms with E-state index < -0.39 is 11.8 Å². The highest BCUT2D eigenvalue weighted by atomic mass is 19.1. The van der Waals surface area contributed by atoms with Crippen molar-refractivity contribution in [3.05, 3.63) is 42.0 Å². The summed E-state index contributed by atoms with van der Waals surface area (Å²) in [7, 11) is 1.42. The molecule has 0 saturated carbocycles. The van der Waals surface area contributed by atoms with Gasteiger partial charge < -0.3 is 14.6 Å². The Morgan fingerprint density at radius 2 is 2.09 bits per heavy atom. The van der Waals surface area contributed by atoms with Crippen molar-refractivity contribution in [1.82, 2.24) is 4.98 Å². The maximum atomic E-state index is 13.4. The molecule has 0 aliphatic rings. The number of rotatable bonds is 6. The molecule has 0 radical (unpaired) electrons. The van der Waals surface area contributed by atoms with Crippen molar-refractivity contribution in [2.24, 2.45) is 0 Å². The van der Waals surface area contributed by atoms with Crippen LogP contribution in [0.5, 0.6) is 11.5 Å². The molecule has 0 aliphatic carbocycles. The van der Waals surface area contributed by atoms with Crippen LogP contribution in [-0.4, -0.2) is 29.8 Å². The molecule has 0 fully saturated rings. The van der Waals surface area contributed by atoms with Crippen molar-refractivity contribution < 1.29 is 23.8 Å². The minimum Gasteiger partial charge on any atom is -0.493 e. The molecule has 0 aliphatic heterocycles. The van der Waals surface area contributed by atoms with Gasteiger partial charge in [-0.15, -0.1) is 0 Å². The number of aromatic carboxylic acids is 1. The standard InChI is InChI=1S/C16H16FNO4/c1-3-4-22-15-13(11-5-12(17)9-18-8-11)6-10(16(19)20)7-14(15)21-2/h5-9H,3-4H2,1-2H3,(H,19,20). The summed E-state index contributed by atoms with van der Waals surface area (Å²) in [6.07, 6.45) is 3.29. The fourth-order valence-electron chi connectivity index (χ4n) is 2.00. The van der Waals surface area contributed by atoms with Gasteiger partial charge in [-0.05, 0) is 24.6 Å². The molecular weight excluding hydrogens is 289 g/mol. The number of carboxylic acids is 1. The lowest BCUT2D eigenvalue weighted by Crippen LogP contribution is -2.04. The Labute approximate surface area is 127 Å². The molecule has 0 atom stereocenters. The third-order valence-electron chi connectivity index (χ3n) is 2.99. The number of hydrogen-bond donors (Lipinski definition) is 1. The third-order valence-corrected chi connectivity index (χ3v) is 2.99. The highest BCUT2D eigenvalue weighted by molar-refractivity contribution is 5.92. The maximum Gasteiger partial charge on any atom is 0.335 e. The molecule has 2 aromatic rings. The molecule has 0 amide bonds. The molecule has 1 aromatic heterocycles. The Morgan fingerprint density at radius 3 is 2.68 bits per heavy atom. The van der Waals surface area contributed by atoms with E-state index in [2.05, 4.69) is 4.98 Å². The van der Waals surface area contributed by atoms with Crippen LogP contribution in [0.2, 0.25) is 0 Å². The summed E-state index contributed by atoms with van der Waals surface area (Å²) in [6, 6.07) is 4.07. The molecule has 116 valence electrons. The van der Waals surface area contributed by atoms with Crippen LogP contribution in [0.25, 0.3) is 11.1 Å². The normalized spacial score (nSPS) is 10.3. The van der Waals surface area contributed by atoms with Crippen LogP contribution in [0.4, 0.5) is 4.39 Å². The molecule has 0 saturated heterocycles. The first-order valence-electron chi connectivity index (χ1n) is 6.75. The fraction of sp³-hybridized carbons (Fsp3) is 0.250. The van der Waals surface area contributed by atoms with Crippen LogP contribution < -0.4 is 9.47 Å². The smallest absolute Gasteiger partial charge is 0.335 e. The number of carboxylic acid groups (broad SMARTS) is 1. The first-order valence-corrected chi connectivity index (χ1v) is 6.75. The van der Waals surface area contributed by atoms with Gasteiger partial charge in [-0.3, -0.25) is 4.98 Å². The van der Waals surface area contributed by atoms with E-state index in [0.29, 0.717) is 23.5 Å². The topological polar surface area (TPSA) is 68.7 Å². The second kappa shape index (κ2) is 6.89. The number of benzene rings is 1.